The van der Waals surface area contributed by atoms with Crippen LogP contribution in [-0.2, 0) is 6.42 Å². The van der Waals surface area contributed by atoms with Crippen molar-refractivity contribution in [2.75, 3.05) is 0 Å². The minimum Gasteiger partial charge on any atom is -0.210 e. The lowest BCUT2D eigenvalue weighted by atomic mass is 9.78. The van der Waals surface area contributed by atoms with Crippen molar-refractivity contribution in [3.05, 3.63) is 47.5 Å². The molecule has 0 saturated heterocycles. The van der Waals surface area contributed by atoms with Gasteiger partial charge in [-0.2, -0.15) is 0 Å². The SMILES string of the molecule is CCCc1ccc(C2CCC(C=CCC(F)F)CC2)cc1. The van der Waals surface area contributed by atoms with Crippen molar-refractivity contribution >= 4 is 0 Å². The van der Waals surface area contributed by atoms with E-state index in [0.717, 1.165) is 19.3 Å². The molecule has 1 aromatic carbocycles. The monoisotopic (exact) mass is 292 g/mol. The number of hydrogen-bond acceptors (Lipinski definition) is 0. The molecule has 21 heavy (non-hydrogen) atoms. The van der Waals surface area contributed by atoms with Crippen molar-refractivity contribution in [1.82, 2.24) is 0 Å². The van der Waals surface area contributed by atoms with Gasteiger partial charge in [0.05, 0.1) is 0 Å². The van der Waals surface area contributed by atoms with Gasteiger partial charge in [-0.3, -0.25) is 0 Å². The molecule has 116 valence electrons. The minimum atomic E-state index is -2.21. The molecule has 2 heteroatoms. The van der Waals surface area contributed by atoms with Crippen molar-refractivity contribution < 1.29 is 8.78 Å². The molecule has 0 amide bonds. The summed E-state index contributed by atoms with van der Waals surface area (Å²) in [5.41, 5.74) is 2.87. The molecule has 0 bridgehead atoms. The highest BCUT2D eigenvalue weighted by molar-refractivity contribution is 5.26. The smallest absolute Gasteiger partial charge is 0.210 e. The van der Waals surface area contributed by atoms with Crippen molar-refractivity contribution in [3.63, 3.8) is 0 Å². The van der Waals surface area contributed by atoms with Crippen LogP contribution in [0.2, 0.25) is 0 Å². The Kier molecular flexibility index (Phi) is 6.41. The average Bonchev–Trinajstić information content (AvgIpc) is 2.49. The molecule has 0 nitrogen and oxygen atoms in total. The number of benzene rings is 1. The van der Waals surface area contributed by atoms with E-state index < -0.39 is 6.43 Å². The van der Waals surface area contributed by atoms with E-state index in [1.807, 2.05) is 6.08 Å². The molecule has 1 aromatic rings. The molecule has 0 N–H and O–H groups in total. The zero-order chi connectivity index (χ0) is 15.1. The van der Waals surface area contributed by atoms with Crippen LogP contribution in [0.3, 0.4) is 0 Å². The Morgan fingerprint density at radius 1 is 1.10 bits per heavy atom. The van der Waals surface area contributed by atoms with E-state index in [9.17, 15) is 8.78 Å². The van der Waals surface area contributed by atoms with E-state index in [-0.39, 0.29) is 6.42 Å². The van der Waals surface area contributed by atoms with E-state index in [4.69, 9.17) is 0 Å². The Hall–Kier alpha value is -1.18. The third kappa shape index (κ3) is 5.26. The summed E-state index contributed by atoms with van der Waals surface area (Å²) in [5.74, 6) is 1.15. The Morgan fingerprint density at radius 3 is 2.33 bits per heavy atom. The van der Waals surface area contributed by atoms with Crippen LogP contribution < -0.4 is 0 Å². The highest BCUT2D eigenvalue weighted by Crippen LogP contribution is 2.36. The summed E-state index contributed by atoms with van der Waals surface area (Å²) in [4.78, 5) is 0. The van der Waals surface area contributed by atoms with Gasteiger partial charge in [-0.1, -0.05) is 49.8 Å². The van der Waals surface area contributed by atoms with Gasteiger partial charge in [0.1, 0.15) is 0 Å². The van der Waals surface area contributed by atoms with E-state index in [1.54, 1.807) is 6.08 Å². The number of halogens is 2. The van der Waals surface area contributed by atoms with Gasteiger partial charge in [0.15, 0.2) is 0 Å². The van der Waals surface area contributed by atoms with Gasteiger partial charge in [0, 0.05) is 6.42 Å². The predicted molar refractivity (Wildman–Crippen MR) is 84.9 cm³/mol. The lowest BCUT2D eigenvalue weighted by Gasteiger charge is -2.27. The number of rotatable bonds is 6. The van der Waals surface area contributed by atoms with E-state index in [1.165, 1.54) is 30.4 Å². The lowest BCUT2D eigenvalue weighted by Crippen LogP contribution is -2.11. The number of allylic oxidation sites excluding steroid dienone is 2. The zero-order valence-corrected chi connectivity index (χ0v) is 12.9. The lowest BCUT2D eigenvalue weighted by molar-refractivity contribution is 0.152. The van der Waals surface area contributed by atoms with Gasteiger partial charge in [-0.25, -0.2) is 8.78 Å². The second-order valence-corrected chi connectivity index (χ2v) is 6.16. The van der Waals surface area contributed by atoms with E-state index >= 15 is 0 Å². The topological polar surface area (TPSA) is 0 Å². The molecule has 1 saturated carbocycles. The predicted octanol–water partition coefficient (Wildman–Crippen LogP) is 6.12. The zero-order valence-electron chi connectivity index (χ0n) is 12.9. The molecule has 2 rings (SSSR count). The average molecular weight is 292 g/mol. The van der Waals surface area contributed by atoms with Crippen molar-refractivity contribution in [2.24, 2.45) is 5.92 Å². The van der Waals surface area contributed by atoms with Crippen LogP contribution in [0.4, 0.5) is 8.78 Å². The first-order valence-electron chi connectivity index (χ1n) is 8.22. The molecular weight excluding hydrogens is 266 g/mol. The Bertz CT molecular complexity index is 425. The van der Waals surface area contributed by atoms with Crippen LogP contribution in [0.5, 0.6) is 0 Å². The Labute approximate surface area is 127 Å². The number of aryl methyl sites for hydroxylation is 1. The standard InChI is InChI=1S/C19H26F2/c1-2-4-15-7-11-17(12-8-15)18-13-9-16(10-14-18)5-3-6-19(20)21/h3,5,7-8,11-12,16,18-19H,2,4,6,9-10,13-14H2,1H3. The summed E-state index contributed by atoms with van der Waals surface area (Å²) < 4.78 is 24.2. The molecule has 0 aliphatic heterocycles. The van der Waals surface area contributed by atoms with Gasteiger partial charge in [-0.15, -0.1) is 0 Å². The molecule has 1 fully saturated rings. The third-order valence-corrected chi connectivity index (χ3v) is 4.48. The van der Waals surface area contributed by atoms with Gasteiger partial charge in [0.2, 0.25) is 6.43 Å². The van der Waals surface area contributed by atoms with E-state index in [2.05, 4.69) is 31.2 Å². The summed E-state index contributed by atoms with van der Waals surface area (Å²) in [5, 5.41) is 0. The van der Waals surface area contributed by atoms with Gasteiger partial charge >= 0.3 is 0 Å². The Balaban J connectivity index is 1.81. The summed E-state index contributed by atoms with van der Waals surface area (Å²) in [6.07, 6.45) is 8.31. The van der Waals surface area contributed by atoms with E-state index in [0.29, 0.717) is 11.8 Å². The van der Waals surface area contributed by atoms with Gasteiger partial charge < -0.3 is 0 Å². The van der Waals surface area contributed by atoms with Crippen LogP contribution in [0, 0.1) is 5.92 Å². The van der Waals surface area contributed by atoms with Crippen LogP contribution in [0.1, 0.15) is 62.5 Å². The normalized spacial score (nSPS) is 23.0. The fourth-order valence-electron chi connectivity index (χ4n) is 3.26. The molecular formula is C19H26F2. The molecule has 0 radical (unpaired) electrons. The maximum Gasteiger partial charge on any atom is 0.242 e. The largest absolute Gasteiger partial charge is 0.242 e. The maximum absolute atomic E-state index is 12.1. The molecule has 0 aromatic heterocycles. The summed E-state index contributed by atoms with van der Waals surface area (Å²) in [6, 6.07) is 9.08. The second-order valence-electron chi connectivity index (χ2n) is 6.16. The molecule has 1 aliphatic carbocycles. The minimum absolute atomic E-state index is 0.0984. The number of hydrogen-bond donors (Lipinski definition) is 0. The molecule has 0 spiro atoms. The maximum atomic E-state index is 12.1. The first kappa shape index (κ1) is 16.2. The highest BCUT2D eigenvalue weighted by Gasteiger charge is 2.20. The number of alkyl halides is 2. The fraction of sp³-hybridized carbons (Fsp3) is 0.579. The molecule has 0 heterocycles. The molecule has 0 atom stereocenters. The van der Waals surface area contributed by atoms with Crippen molar-refractivity contribution in [3.8, 4) is 0 Å². The van der Waals surface area contributed by atoms with Crippen molar-refractivity contribution in [1.29, 1.82) is 0 Å². The van der Waals surface area contributed by atoms with Gasteiger partial charge in [0.25, 0.3) is 0 Å². The Morgan fingerprint density at radius 2 is 1.76 bits per heavy atom. The summed E-state index contributed by atoms with van der Waals surface area (Å²) in [7, 11) is 0. The first-order chi connectivity index (χ1) is 10.2. The summed E-state index contributed by atoms with van der Waals surface area (Å²) in [6.45, 7) is 2.21. The fourth-order valence-corrected chi connectivity index (χ4v) is 3.26. The van der Waals surface area contributed by atoms with Gasteiger partial charge in [-0.05, 0) is 55.1 Å². The van der Waals surface area contributed by atoms with Crippen LogP contribution in [0.15, 0.2) is 36.4 Å². The van der Waals surface area contributed by atoms with Crippen molar-refractivity contribution in [2.45, 2.75) is 64.2 Å². The summed E-state index contributed by atoms with van der Waals surface area (Å²) >= 11 is 0. The highest BCUT2D eigenvalue weighted by atomic mass is 19.3. The third-order valence-electron chi connectivity index (χ3n) is 4.48. The molecule has 0 unspecified atom stereocenters. The second kappa shape index (κ2) is 8.31. The van der Waals surface area contributed by atoms with Crippen LogP contribution in [-0.4, -0.2) is 6.43 Å². The quantitative estimate of drug-likeness (QED) is 0.554. The van der Waals surface area contributed by atoms with Crippen LogP contribution in [0.25, 0.3) is 0 Å². The first-order valence-corrected chi connectivity index (χ1v) is 8.22. The van der Waals surface area contributed by atoms with Crippen LogP contribution >= 0.6 is 0 Å². The molecule has 1 aliphatic rings.